The van der Waals surface area contributed by atoms with E-state index in [2.05, 4.69) is 18.3 Å². The molecule has 3 rings (SSSR count). The third kappa shape index (κ3) is 2.90. The minimum absolute atomic E-state index is 0.161. The Kier molecular flexibility index (Phi) is 4.39. The monoisotopic (exact) mass is 306 g/mol. The maximum Gasteiger partial charge on any atom is 0.115 e. The van der Waals surface area contributed by atoms with Crippen molar-refractivity contribution in [1.82, 2.24) is 10.3 Å². The highest BCUT2D eigenvalue weighted by molar-refractivity contribution is 7.11. The first-order valence-corrected chi connectivity index (χ1v) is 8.44. The molecule has 1 aliphatic carbocycles. The van der Waals surface area contributed by atoms with Crippen molar-refractivity contribution in [3.05, 3.63) is 50.4 Å². The van der Waals surface area contributed by atoms with Gasteiger partial charge in [-0.2, -0.15) is 0 Å². The number of benzene rings is 1. The van der Waals surface area contributed by atoms with Gasteiger partial charge in [-0.25, -0.2) is 4.98 Å². The zero-order chi connectivity index (χ0) is 13.9. The molecule has 4 heteroatoms. The zero-order valence-corrected chi connectivity index (χ0v) is 13.2. The molecule has 1 heterocycles. The van der Waals surface area contributed by atoms with Gasteiger partial charge in [0.1, 0.15) is 5.01 Å². The molecule has 0 aliphatic heterocycles. The first kappa shape index (κ1) is 14.1. The number of nitrogens with zero attached hydrogens (tertiary/aromatic N) is 1. The Morgan fingerprint density at radius 2 is 2.20 bits per heavy atom. The van der Waals surface area contributed by atoms with Crippen LogP contribution in [0, 0.1) is 0 Å². The van der Waals surface area contributed by atoms with Gasteiger partial charge in [-0.05, 0) is 49.9 Å². The number of hydrogen-bond acceptors (Lipinski definition) is 3. The SMILES string of the molecule is CCNC(c1cccc(Cl)c1)c1nc2c(s1)CCCC2. The highest BCUT2D eigenvalue weighted by atomic mass is 35.5. The van der Waals surface area contributed by atoms with E-state index in [1.165, 1.54) is 40.4 Å². The Morgan fingerprint density at radius 1 is 1.35 bits per heavy atom. The van der Waals surface area contributed by atoms with Crippen LogP contribution >= 0.6 is 22.9 Å². The van der Waals surface area contributed by atoms with E-state index < -0.39 is 0 Å². The quantitative estimate of drug-likeness (QED) is 0.907. The molecule has 0 saturated carbocycles. The Morgan fingerprint density at radius 3 is 2.95 bits per heavy atom. The Bertz CT molecular complexity index is 570. The summed E-state index contributed by atoms with van der Waals surface area (Å²) >= 11 is 8.00. The lowest BCUT2D eigenvalue weighted by Gasteiger charge is -2.16. The second-order valence-electron chi connectivity index (χ2n) is 5.17. The van der Waals surface area contributed by atoms with E-state index in [0.717, 1.165) is 18.0 Å². The molecule has 0 saturated heterocycles. The molecule has 0 radical (unpaired) electrons. The van der Waals surface area contributed by atoms with Crippen molar-refractivity contribution in [2.24, 2.45) is 0 Å². The molecule has 1 unspecified atom stereocenters. The molecule has 0 bridgehead atoms. The molecule has 1 aliphatic rings. The summed E-state index contributed by atoms with van der Waals surface area (Å²) in [5.74, 6) is 0. The summed E-state index contributed by atoms with van der Waals surface area (Å²) in [7, 11) is 0. The zero-order valence-electron chi connectivity index (χ0n) is 11.7. The largest absolute Gasteiger partial charge is 0.305 e. The Labute approximate surface area is 129 Å². The van der Waals surface area contributed by atoms with Crippen LogP contribution in [0.5, 0.6) is 0 Å². The van der Waals surface area contributed by atoms with Gasteiger partial charge in [0.05, 0.1) is 11.7 Å². The summed E-state index contributed by atoms with van der Waals surface area (Å²) in [6.07, 6.45) is 4.92. The van der Waals surface area contributed by atoms with Crippen molar-refractivity contribution in [2.75, 3.05) is 6.54 Å². The van der Waals surface area contributed by atoms with E-state index in [9.17, 15) is 0 Å². The highest BCUT2D eigenvalue weighted by Crippen LogP contribution is 2.33. The Hall–Kier alpha value is -0.900. The van der Waals surface area contributed by atoms with E-state index in [4.69, 9.17) is 16.6 Å². The molecule has 1 aromatic heterocycles. The van der Waals surface area contributed by atoms with Crippen molar-refractivity contribution in [1.29, 1.82) is 0 Å². The van der Waals surface area contributed by atoms with Gasteiger partial charge in [0.15, 0.2) is 0 Å². The summed E-state index contributed by atoms with van der Waals surface area (Å²) < 4.78 is 0. The highest BCUT2D eigenvalue weighted by Gasteiger charge is 2.21. The minimum atomic E-state index is 0.161. The molecule has 0 fully saturated rings. The van der Waals surface area contributed by atoms with Crippen LogP contribution in [0.3, 0.4) is 0 Å². The molecule has 106 valence electrons. The molecule has 2 aromatic rings. The van der Waals surface area contributed by atoms with Gasteiger partial charge < -0.3 is 5.32 Å². The van der Waals surface area contributed by atoms with Crippen molar-refractivity contribution in [2.45, 2.75) is 38.6 Å². The van der Waals surface area contributed by atoms with Crippen LogP contribution in [0.25, 0.3) is 0 Å². The van der Waals surface area contributed by atoms with Gasteiger partial charge in [0.25, 0.3) is 0 Å². The van der Waals surface area contributed by atoms with Crippen LogP contribution in [0.15, 0.2) is 24.3 Å². The van der Waals surface area contributed by atoms with E-state index in [1.807, 2.05) is 29.5 Å². The van der Waals surface area contributed by atoms with Crippen LogP contribution < -0.4 is 5.32 Å². The standard InChI is InChI=1S/C16H19ClN2S/c1-2-18-15(11-6-5-7-12(17)10-11)16-19-13-8-3-4-9-14(13)20-16/h5-7,10,15,18H,2-4,8-9H2,1H3. The van der Waals surface area contributed by atoms with Gasteiger partial charge >= 0.3 is 0 Å². The molecule has 1 N–H and O–H groups in total. The predicted octanol–water partition coefficient (Wildman–Crippen LogP) is 4.37. The molecule has 2 nitrogen and oxygen atoms in total. The van der Waals surface area contributed by atoms with Gasteiger partial charge in [0, 0.05) is 9.90 Å². The second-order valence-corrected chi connectivity index (χ2v) is 6.73. The van der Waals surface area contributed by atoms with Crippen LogP contribution in [0.2, 0.25) is 5.02 Å². The lowest BCUT2D eigenvalue weighted by Crippen LogP contribution is -2.21. The maximum absolute atomic E-state index is 6.13. The van der Waals surface area contributed by atoms with Crippen LogP contribution in [-0.4, -0.2) is 11.5 Å². The van der Waals surface area contributed by atoms with E-state index in [1.54, 1.807) is 0 Å². The number of thiazole rings is 1. The maximum atomic E-state index is 6.13. The molecular weight excluding hydrogens is 288 g/mol. The van der Waals surface area contributed by atoms with Crippen LogP contribution in [0.1, 0.15) is 46.9 Å². The molecule has 1 atom stereocenters. The fraction of sp³-hybridized carbons (Fsp3) is 0.438. The number of aromatic nitrogens is 1. The molecule has 0 amide bonds. The fourth-order valence-corrected chi connectivity index (χ4v) is 4.19. The van der Waals surface area contributed by atoms with Crippen molar-refractivity contribution < 1.29 is 0 Å². The summed E-state index contributed by atoms with van der Waals surface area (Å²) in [6.45, 7) is 3.05. The number of fused-ring (bicyclic) bond motifs is 1. The summed E-state index contributed by atoms with van der Waals surface area (Å²) in [4.78, 5) is 6.37. The number of hydrogen-bond donors (Lipinski definition) is 1. The van der Waals surface area contributed by atoms with E-state index in [-0.39, 0.29) is 6.04 Å². The first-order valence-electron chi connectivity index (χ1n) is 7.25. The van der Waals surface area contributed by atoms with Crippen LogP contribution in [0.4, 0.5) is 0 Å². The topological polar surface area (TPSA) is 24.9 Å². The smallest absolute Gasteiger partial charge is 0.115 e. The number of aryl methyl sites for hydroxylation is 2. The van der Waals surface area contributed by atoms with Gasteiger partial charge in [-0.3, -0.25) is 0 Å². The van der Waals surface area contributed by atoms with Crippen LogP contribution in [-0.2, 0) is 12.8 Å². The van der Waals surface area contributed by atoms with Crippen molar-refractivity contribution in [3.63, 3.8) is 0 Å². The fourth-order valence-electron chi connectivity index (χ4n) is 2.73. The normalized spacial score (nSPS) is 15.9. The average Bonchev–Trinajstić information content (AvgIpc) is 2.88. The summed E-state index contributed by atoms with van der Waals surface area (Å²) in [5.41, 5.74) is 2.52. The summed E-state index contributed by atoms with van der Waals surface area (Å²) in [5, 5.41) is 5.51. The van der Waals surface area contributed by atoms with Crippen molar-refractivity contribution >= 4 is 22.9 Å². The van der Waals surface area contributed by atoms with Gasteiger partial charge in [0.2, 0.25) is 0 Å². The van der Waals surface area contributed by atoms with Crippen molar-refractivity contribution in [3.8, 4) is 0 Å². The lowest BCUT2D eigenvalue weighted by molar-refractivity contribution is 0.621. The van der Waals surface area contributed by atoms with E-state index >= 15 is 0 Å². The number of rotatable bonds is 4. The van der Waals surface area contributed by atoms with Gasteiger partial charge in [-0.1, -0.05) is 30.7 Å². The number of halogens is 1. The third-order valence-corrected chi connectivity index (χ3v) is 5.16. The molecular formula is C16H19ClN2S. The number of nitrogens with one attached hydrogen (secondary N) is 1. The van der Waals surface area contributed by atoms with Gasteiger partial charge in [-0.15, -0.1) is 11.3 Å². The Balaban J connectivity index is 1.95. The molecule has 20 heavy (non-hydrogen) atoms. The first-order chi connectivity index (χ1) is 9.78. The third-order valence-electron chi connectivity index (χ3n) is 3.70. The van der Waals surface area contributed by atoms with E-state index in [0.29, 0.717) is 0 Å². The lowest BCUT2D eigenvalue weighted by atomic mass is 10.0. The minimum Gasteiger partial charge on any atom is -0.305 e. The molecule has 0 spiro atoms. The predicted molar refractivity (Wildman–Crippen MR) is 85.7 cm³/mol. The molecule has 1 aromatic carbocycles. The summed E-state index contributed by atoms with van der Waals surface area (Å²) in [6, 6.07) is 8.25. The second kappa shape index (κ2) is 6.25. The average molecular weight is 307 g/mol.